The minimum atomic E-state index is -0.796. The van der Waals surface area contributed by atoms with Crippen LogP contribution >= 0.6 is 0 Å². The van der Waals surface area contributed by atoms with Crippen molar-refractivity contribution in [2.24, 2.45) is 0 Å². The quantitative estimate of drug-likeness (QED) is 0.898. The summed E-state index contributed by atoms with van der Waals surface area (Å²) >= 11 is 0. The molecule has 124 valence electrons. The summed E-state index contributed by atoms with van der Waals surface area (Å²) in [5.41, 5.74) is 2.24. The largest absolute Gasteiger partial charge is 0.389 e. The van der Waals surface area contributed by atoms with Crippen LogP contribution in [-0.2, 0) is 22.6 Å². The van der Waals surface area contributed by atoms with E-state index >= 15 is 0 Å². The van der Waals surface area contributed by atoms with Crippen LogP contribution in [-0.4, -0.2) is 34.0 Å². The fourth-order valence-corrected chi connectivity index (χ4v) is 3.73. The third-order valence-corrected chi connectivity index (χ3v) is 4.94. The first kappa shape index (κ1) is 16.0. The van der Waals surface area contributed by atoms with Gasteiger partial charge >= 0.3 is 0 Å². The predicted molar refractivity (Wildman–Crippen MR) is 87.9 cm³/mol. The molecule has 0 atom stereocenters. The third kappa shape index (κ3) is 3.55. The second kappa shape index (κ2) is 6.32. The van der Waals surface area contributed by atoms with Gasteiger partial charge in [0, 0.05) is 25.7 Å². The molecule has 0 aromatic heterocycles. The first-order valence-corrected chi connectivity index (χ1v) is 8.35. The summed E-state index contributed by atoms with van der Waals surface area (Å²) in [6.07, 6.45) is 4.44. The van der Waals surface area contributed by atoms with Crippen LogP contribution in [0.15, 0.2) is 18.2 Å². The molecule has 1 heterocycles. The maximum Gasteiger partial charge on any atom is 0.225 e. The van der Waals surface area contributed by atoms with Crippen LogP contribution in [0.4, 0.5) is 5.69 Å². The molecule has 1 aliphatic heterocycles. The Balaban J connectivity index is 1.70. The van der Waals surface area contributed by atoms with Crippen LogP contribution in [0.5, 0.6) is 0 Å². The molecule has 0 saturated heterocycles. The Hall–Kier alpha value is -1.88. The molecule has 1 aliphatic carbocycles. The van der Waals surface area contributed by atoms with Crippen LogP contribution in [0.1, 0.15) is 50.2 Å². The molecule has 1 saturated carbocycles. The van der Waals surface area contributed by atoms with Gasteiger partial charge in [0.25, 0.3) is 0 Å². The van der Waals surface area contributed by atoms with E-state index in [2.05, 4.69) is 5.32 Å². The van der Waals surface area contributed by atoms with E-state index in [-0.39, 0.29) is 18.2 Å². The van der Waals surface area contributed by atoms with Gasteiger partial charge in [0.05, 0.1) is 12.0 Å². The van der Waals surface area contributed by atoms with Crippen molar-refractivity contribution in [1.82, 2.24) is 4.90 Å². The standard InChI is InChI=1S/C18H24N2O3/c1-13(21)19-16-6-4-5-14-12-20(10-7-15(14)16)17(22)11-18(23)8-2-3-9-18/h4-6,23H,2-3,7-12H2,1H3,(H,19,21). The maximum absolute atomic E-state index is 12.5. The maximum atomic E-state index is 12.5. The number of fused-ring (bicyclic) bond motifs is 1. The zero-order valence-corrected chi connectivity index (χ0v) is 13.6. The molecule has 5 nitrogen and oxygen atoms in total. The monoisotopic (exact) mass is 316 g/mol. The summed E-state index contributed by atoms with van der Waals surface area (Å²) in [4.78, 5) is 25.7. The lowest BCUT2D eigenvalue weighted by molar-refractivity contribution is -0.137. The molecule has 0 radical (unpaired) electrons. The summed E-state index contributed by atoms with van der Waals surface area (Å²) in [6.45, 7) is 2.69. The van der Waals surface area contributed by atoms with Gasteiger partial charge in [0.1, 0.15) is 0 Å². The second-order valence-electron chi connectivity index (χ2n) is 6.80. The highest BCUT2D eigenvalue weighted by Gasteiger charge is 2.35. The van der Waals surface area contributed by atoms with Crippen LogP contribution in [0.25, 0.3) is 0 Å². The molecule has 0 spiro atoms. The van der Waals surface area contributed by atoms with E-state index in [1.165, 1.54) is 6.92 Å². The van der Waals surface area contributed by atoms with Gasteiger partial charge in [-0.25, -0.2) is 0 Å². The zero-order chi connectivity index (χ0) is 16.4. The average molecular weight is 316 g/mol. The molecule has 3 rings (SSSR count). The fraction of sp³-hybridized carbons (Fsp3) is 0.556. The van der Waals surface area contributed by atoms with Crippen molar-refractivity contribution in [2.45, 2.75) is 57.6 Å². The zero-order valence-electron chi connectivity index (χ0n) is 13.6. The summed E-state index contributed by atoms with van der Waals surface area (Å²) in [5.74, 6) is -0.0506. The van der Waals surface area contributed by atoms with E-state index in [9.17, 15) is 14.7 Å². The number of anilines is 1. The van der Waals surface area contributed by atoms with Crippen molar-refractivity contribution >= 4 is 17.5 Å². The number of benzene rings is 1. The lowest BCUT2D eigenvalue weighted by Gasteiger charge is -2.32. The van der Waals surface area contributed by atoms with E-state index < -0.39 is 5.60 Å². The Labute approximate surface area is 136 Å². The topological polar surface area (TPSA) is 69.6 Å². The fourth-order valence-electron chi connectivity index (χ4n) is 3.73. The first-order valence-electron chi connectivity index (χ1n) is 8.35. The van der Waals surface area contributed by atoms with Gasteiger partial charge in [-0.1, -0.05) is 25.0 Å². The van der Waals surface area contributed by atoms with Gasteiger partial charge in [0.15, 0.2) is 0 Å². The molecular weight excluding hydrogens is 292 g/mol. The highest BCUT2D eigenvalue weighted by molar-refractivity contribution is 5.90. The van der Waals surface area contributed by atoms with E-state index in [0.717, 1.165) is 48.9 Å². The molecular formula is C18H24N2O3. The highest BCUT2D eigenvalue weighted by atomic mass is 16.3. The Bertz CT molecular complexity index is 621. The van der Waals surface area contributed by atoms with Crippen molar-refractivity contribution in [3.63, 3.8) is 0 Å². The van der Waals surface area contributed by atoms with Gasteiger partial charge < -0.3 is 15.3 Å². The van der Waals surface area contributed by atoms with E-state index in [4.69, 9.17) is 0 Å². The summed E-state index contributed by atoms with van der Waals surface area (Å²) in [7, 11) is 0. The highest BCUT2D eigenvalue weighted by Crippen LogP contribution is 2.34. The lowest BCUT2D eigenvalue weighted by Crippen LogP contribution is -2.40. The van der Waals surface area contributed by atoms with Gasteiger partial charge in [-0.3, -0.25) is 9.59 Å². The minimum absolute atomic E-state index is 0.0324. The van der Waals surface area contributed by atoms with Crippen molar-refractivity contribution in [1.29, 1.82) is 0 Å². The smallest absolute Gasteiger partial charge is 0.225 e. The average Bonchev–Trinajstić information content (AvgIpc) is 2.92. The van der Waals surface area contributed by atoms with Crippen molar-refractivity contribution in [3.8, 4) is 0 Å². The van der Waals surface area contributed by atoms with Crippen molar-refractivity contribution in [3.05, 3.63) is 29.3 Å². The van der Waals surface area contributed by atoms with Gasteiger partial charge in [0.2, 0.25) is 11.8 Å². The summed E-state index contributed by atoms with van der Waals surface area (Å²) in [6, 6.07) is 5.81. The van der Waals surface area contributed by atoms with Crippen molar-refractivity contribution in [2.75, 3.05) is 11.9 Å². The Morgan fingerprint density at radius 2 is 2.04 bits per heavy atom. The predicted octanol–water partition coefficient (Wildman–Crippen LogP) is 2.22. The number of nitrogens with zero attached hydrogens (tertiary/aromatic N) is 1. The number of carbonyl (C=O) groups excluding carboxylic acids is 2. The number of amides is 2. The Morgan fingerprint density at radius 3 is 2.74 bits per heavy atom. The normalized spacial score (nSPS) is 19.3. The molecule has 0 bridgehead atoms. The number of aliphatic hydroxyl groups is 1. The molecule has 1 aromatic carbocycles. The molecule has 1 fully saturated rings. The number of nitrogens with one attached hydrogen (secondary N) is 1. The Kier molecular flexibility index (Phi) is 4.39. The van der Waals surface area contributed by atoms with Gasteiger partial charge in [-0.05, 0) is 36.5 Å². The Morgan fingerprint density at radius 1 is 1.30 bits per heavy atom. The molecule has 5 heteroatoms. The second-order valence-corrected chi connectivity index (χ2v) is 6.80. The van der Waals surface area contributed by atoms with Crippen molar-refractivity contribution < 1.29 is 14.7 Å². The molecule has 2 aliphatic rings. The van der Waals surface area contributed by atoms with Crippen LogP contribution in [0.3, 0.4) is 0 Å². The molecule has 0 unspecified atom stereocenters. The summed E-state index contributed by atoms with van der Waals surface area (Å²) in [5, 5.41) is 13.3. The SMILES string of the molecule is CC(=O)Nc1cccc2c1CCN(C(=O)CC1(O)CCCC1)C2. The van der Waals surface area contributed by atoms with Gasteiger partial charge in [-0.2, -0.15) is 0 Å². The van der Waals surface area contributed by atoms with Crippen LogP contribution in [0.2, 0.25) is 0 Å². The lowest BCUT2D eigenvalue weighted by atomic mass is 9.94. The molecule has 23 heavy (non-hydrogen) atoms. The summed E-state index contributed by atoms with van der Waals surface area (Å²) < 4.78 is 0. The van der Waals surface area contributed by atoms with E-state index in [0.29, 0.717) is 13.1 Å². The number of carbonyl (C=O) groups is 2. The van der Waals surface area contributed by atoms with Crippen LogP contribution in [0, 0.1) is 0 Å². The van der Waals surface area contributed by atoms with E-state index in [1.807, 2.05) is 23.1 Å². The molecule has 2 amide bonds. The molecule has 2 N–H and O–H groups in total. The number of hydrogen-bond acceptors (Lipinski definition) is 3. The minimum Gasteiger partial charge on any atom is -0.389 e. The van der Waals surface area contributed by atoms with Crippen LogP contribution < -0.4 is 5.32 Å². The third-order valence-electron chi connectivity index (χ3n) is 4.94. The number of hydrogen-bond donors (Lipinski definition) is 2. The first-order chi connectivity index (χ1) is 11.0. The number of rotatable bonds is 3. The van der Waals surface area contributed by atoms with E-state index in [1.54, 1.807) is 0 Å². The molecule has 1 aromatic rings. The van der Waals surface area contributed by atoms with Gasteiger partial charge in [-0.15, -0.1) is 0 Å².